The van der Waals surface area contributed by atoms with Gasteiger partial charge in [0.15, 0.2) is 12.4 Å². The van der Waals surface area contributed by atoms with E-state index in [9.17, 15) is 21.6 Å². The first-order valence-corrected chi connectivity index (χ1v) is 9.37. The summed E-state index contributed by atoms with van der Waals surface area (Å²) in [5.41, 5.74) is -4.73. The molecule has 0 radical (unpaired) electrons. The fraction of sp³-hybridized carbons (Fsp3) is 0.500. The second-order valence-electron chi connectivity index (χ2n) is 5.84. The highest BCUT2D eigenvalue weighted by Gasteiger charge is 2.49. The number of hydrogen-bond acceptors (Lipinski definition) is 6. The fourth-order valence-corrected chi connectivity index (χ4v) is 3.09. The second kappa shape index (κ2) is 7.45. The summed E-state index contributed by atoms with van der Waals surface area (Å²) in [6.07, 6.45) is 0.792. The van der Waals surface area contributed by atoms with Gasteiger partial charge >= 0.3 is 15.6 Å². The van der Waals surface area contributed by atoms with Crippen LogP contribution < -0.4 is 0 Å². The maximum atomic E-state index is 12.5. The van der Waals surface area contributed by atoms with Gasteiger partial charge in [-0.2, -0.15) is 21.6 Å². The van der Waals surface area contributed by atoms with Gasteiger partial charge in [-0.3, -0.25) is 0 Å². The molecule has 6 nitrogen and oxygen atoms in total. The van der Waals surface area contributed by atoms with Gasteiger partial charge in [-0.15, -0.1) is 0 Å². The highest BCUT2D eigenvalue weighted by molar-refractivity contribution is 7.87. The third kappa shape index (κ3) is 4.30. The fourth-order valence-electron chi connectivity index (χ4n) is 2.67. The molecule has 0 aliphatic carbocycles. The van der Waals surface area contributed by atoms with Crippen molar-refractivity contribution in [1.82, 2.24) is 0 Å². The molecule has 0 saturated carbocycles. The molecule has 0 unspecified atom stereocenters. The van der Waals surface area contributed by atoms with Crippen LogP contribution in [0.2, 0.25) is 0 Å². The lowest BCUT2D eigenvalue weighted by Gasteiger charge is -2.37. The molecule has 26 heavy (non-hydrogen) atoms. The van der Waals surface area contributed by atoms with Crippen LogP contribution in [0.3, 0.4) is 0 Å². The predicted molar refractivity (Wildman–Crippen MR) is 82.9 cm³/mol. The van der Waals surface area contributed by atoms with Crippen LogP contribution in [-0.2, 0) is 28.5 Å². The molecule has 0 spiro atoms. The molecule has 2 aliphatic rings. The number of fused-ring (bicyclic) bond motifs is 1. The first-order chi connectivity index (χ1) is 12.3. The van der Waals surface area contributed by atoms with Crippen molar-refractivity contribution in [2.45, 2.75) is 43.3 Å². The summed E-state index contributed by atoms with van der Waals surface area (Å²) < 4.78 is 80.7. The SMILES string of the molecule is O=S(=O)(O/C1=C/CCC[C@H]2O[C@@H](c3ccccc3)OC[C@@H]2O1)C(F)(F)F. The smallest absolute Gasteiger partial charge is 0.456 e. The molecule has 0 aromatic heterocycles. The Balaban J connectivity index is 1.70. The average molecular weight is 394 g/mol. The zero-order chi connectivity index (χ0) is 18.8. The van der Waals surface area contributed by atoms with Crippen molar-refractivity contribution < 1.29 is 40.0 Å². The average Bonchev–Trinajstić information content (AvgIpc) is 2.57. The standard InChI is InChI=1S/C16H17F3O6S/c17-16(18,19)26(20,21)25-14-9-5-4-8-12-13(23-14)10-22-15(24-12)11-6-2-1-3-7-11/h1-3,6-7,9,12-13,15H,4-5,8,10H2/b14-9+/t12-,13+,15+/m1/s1. The van der Waals surface area contributed by atoms with Crippen molar-refractivity contribution in [2.24, 2.45) is 0 Å². The van der Waals surface area contributed by atoms with Crippen molar-refractivity contribution >= 4 is 10.1 Å². The summed E-state index contributed by atoms with van der Waals surface area (Å²) >= 11 is 0. The number of halogens is 3. The Kier molecular flexibility index (Phi) is 5.44. The van der Waals surface area contributed by atoms with E-state index in [-0.39, 0.29) is 6.61 Å². The zero-order valence-electron chi connectivity index (χ0n) is 13.5. The van der Waals surface area contributed by atoms with Gasteiger partial charge in [0.05, 0.1) is 6.61 Å². The number of alkyl halides is 3. The lowest BCUT2D eigenvalue weighted by molar-refractivity contribution is -0.265. The first kappa shape index (κ1) is 19.0. The summed E-state index contributed by atoms with van der Waals surface area (Å²) in [4.78, 5) is 0. The van der Waals surface area contributed by atoms with Gasteiger partial charge in [0.25, 0.3) is 5.95 Å². The van der Waals surface area contributed by atoms with Crippen LogP contribution in [0.25, 0.3) is 0 Å². The van der Waals surface area contributed by atoms with Crippen LogP contribution in [0.4, 0.5) is 13.2 Å². The normalized spacial score (nSPS) is 29.3. The molecule has 1 aromatic carbocycles. The number of benzene rings is 1. The van der Waals surface area contributed by atoms with E-state index in [1.54, 1.807) is 0 Å². The zero-order valence-corrected chi connectivity index (χ0v) is 14.3. The molecule has 0 N–H and O–H groups in total. The molecule has 2 aliphatic heterocycles. The molecule has 10 heteroatoms. The van der Waals surface area contributed by atoms with E-state index in [0.717, 1.165) is 5.56 Å². The van der Waals surface area contributed by atoms with Crippen molar-refractivity contribution in [3.05, 3.63) is 47.9 Å². The summed E-state index contributed by atoms with van der Waals surface area (Å²) in [6, 6.07) is 9.18. The lowest BCUT2D eigenvalue weighted by atomic mass is 10.0. The van der Waals surface area contributed by atoms with Gasteiger partial charge in [-0.1, -0.05) is 30.3 Å². The van der Waals surface area contributed by atoms with E-state index < -0.39 is 40.1 Å². The summed E-state index contributed by atoms with van der Waals surface area (Å²) in [6.45, 7) is 0.0248. The molecule has 2 heterocycles. The van der Waals surface area contributed by atoms with Crippen molar-refractivity contribution in [1.29, 1.82) is 0 Å². The highest BCUT2D eigenvalue weighted by Crippen LogP contribution is 2.34. The number of rotatable bonds is 3. The van der Waals surface area contributed by atoms with Crippen LogP contribution >= 0.6 is 0 Å². The van der Waals surface area contributed by atoms with Crippen LogP contribution in [0, 0.1) is 0 Å². The molecule has 1 aromatic rings. The van der Waals surface area contributed by atoms with Crippen molar-refractivity contribution in [2.75, 3.05) is 6.61 Å². The lowest BCUT2D eigenvalue weighted by Crippen LogP contribution is -2.43. The number of hydrogen-bond donors (Lipinski definition) is 0. The van der Waals surface area contributed by atoms with E-state index in [4.69, 9.17) is 14.2 Å². The van der Waals surface area contributed by atoms with Crippen molar-refractivity contribution in [3.63, 3.8) is 0 Å². The van der Waals surface area contributed by atoms with Crippen LogP contribution in [0.15, 0.2) is 42.4 Å². The molecule has 0 amide bonds. The van der Waals surface area contributed by atoms with Gasteiger partial charge in [0, 0.05) is 5.56 Å². The van der Waals surface area contributed by atoms with Crippen LogP contribution in [0.5, 0.6) is 0 Å². The van der Waals surface area contributed by atoms with E-state index in [0.29, 0.717) is 19.3 Å². The Bertz CT molecular complexity index is 747. The topological polar surface area (TPSA) is 71.1 Å². The van der Waals surface area contributed by atoms with Crippen molar-refractivity contribution in [3.8, 4) is 0 Å². The largest absolute Gasteiger partial charge is 0.534 e. The maximum absolute atomic E-state index is 12.5. The Labute approximate surface area is 148 Å². The van der Waals surface area contributed by atoms with E-state index in [2.05, 4.69) is 4.18 Å². The number of allylic oxidation sites excluding steroid dienone is 1. The quantitative estimate of drug-likeness (QED) is 0.578. The minimum atomic E-state index is -5.79. The monoisotopic (exact) mass is 394 g/mol. The Morgan fingerprint density at radius 2 is 1.85 bits per heavy atom. The minimum Gasteiger partial charge on any atom is -0.456 e. The Morgan fingerprint density at radius 3 is 2.54 bits per heavy atom. The third-order valence-corrected chi connectivity index (χ3v) is 4.89. The van der Waals surface area contributed by atoms with Crippen LogP contribution in [0.1, 0.15) is 31.1 Å². The van der Waals surface area contributed by atoms with Crippen LogP contribution in [-0.4, -0.2) is 32.7 Å². The molecule has 144 valence electrons. The molecular formula is C16H17F3O6S. The predicted octanol–water partition coefficient (Wildman–Crippen LogP) is 3.38. The Hall–Kier alpha value is -1.78. The third-order valence-electron chi connectivity index (χ3n) is 3.94. The molecule has 3 rings (SSSR count). The molecular weight excluding hydrogens is 377 g/mol. The van der Waals surface area contributed by atoms with E-state index >= 15 is 0 Å². The maximum Gasteiger partial charge on any atom is 0.534 e. The Morgan fingerprint density at radius 1 is 1.12 bits per heavy atom. The van der Waals surface area contributed by atoms with E-state index in [1.807, 2.05) is 30.3 Å². The van der Waals surface area contributed by atoms with Gasteiger partial charge < -0.3 is 18.4 Å². The molecule has 0 bridgehead atoms. The van der Waals surface area contributed by atoms with Gasteiger partial charge in [0.1, 0.15) is 6.10 Å². The van der Waals surface area contributed by atoms with Gasteiger partial charge in [0.2, 0.25) is 0 Å². The first-order valence-electron chi connectivity index (χ1n) is 7.96. The molecule has 1 saturated heterocycles. The minimum absolute atomic E-state index is 0.0248. The summed E-state index contributed by atoms with van der Waals surface area (Å²) in [5.74, 6) is -0.706. The van der Waals surface area contributed by atoms with Gasteiger partial charge in [-0.05, 0) is 25.3 Å². The van der Waals surface area contributed by atoms with E-state index in [1.165, 1.54) is 6.08 Å². The number of ether oxygens (including phenoxy) is 3. The second-order valence-corrected chi connectivity index (χ2v) is 7.38. The molecule has 1 fully saturated rings. The summed E-state index contributed by atoms with van der Waals surface area (Å²) in [5, 5.41) is 0. The highest BCUT2D eigenvalue weighted by atomic mass is 32.2. The van der Waals surface area contributed by atoms with Gasteiger partial charge in [-0.25, -0.2) is 0 Å². The summed E-state index contributed by atoms with van der Waals surface area (Å²) in [7, 11) is -5.79. The molecule has 3 atom stereocenters.